The maximum absolute atomic E-state index is 12.3. The fourth-order valence-corrected chi connectivity index (χ4v) is 2.32. The summed E-state index contributed by atoms with van der Waals surface area (Å²) in [7, 11) is 1.28. The highest BCUT2D eigenvalue weighted by Crippen LogP contribution is 2.21. The number of rotatable bonds is 5. The van der Waals surface area contributed by atoms with Crippen molar-refractivity contribution in [3.05, 3.63) is 41.5 Å². The molecular formula is C16H19NO4. The average molecular weight is 290 g/mol. The number of ether oxygens (including phenoxy) is 1. The fraction of sp³-hybridized carbons (Fsp3) is 0.375. The predicted molar refractivity (Wildman–Crippen MR) is 77.6 cm³/mol. The van der Waals surface area contributed by atoms with E-state index in [0.717, 1.165) is 25.7 Å². The van der Waals surface area contributed by atoms with Gasteiger partial charge in [-0.3, -0.25) is 4.79 Å². The Morgan fingerprint density at radius 1 is 1.33 bits per heavy atom. The SMILES string of the molecule is [2H]Oc1ccc(C(NC(=O)C2=CCCCC2)C(=O)OC)cc1. The molecule has 1 atom stereocenters. The minimum Gasteiger partial charge on any atom is -0.508 e. The van der Waals surface area contributed by atoms with Crippen LogP contribution in [0.25, 0.3) is 0 Å². The van der Waals surface area contributed by atoms with Crippen LogP contribution in [0.5, 0.6) is 5.75 Å². The maximum Gasteiger partial charge on any atom is 0.333 e. The Bertz CT molecular complexity index is 568. The summed E-state index contributed by atoms with van der Waals surface area (Å²) in [6.07, 6.45) is 5.61. The number of amides is 1. The van der Waals surface area contributed by atoms with Crippen molar-refractivity contribution in [3.8, 4) is 5.75 Å². The zero-order valence-electron chi connectivity index (χ0n) is 12.9. The smallest absolute Gasteiger partial charge is 0.333 e. The highest BCUT2D eigenvalue weighted by molar-refractivity contribution is 5.96. The van der Waals surface area contributed by atoms with Gasteiger partial charge in [-0.15, -0.1) is 0 Å². The van der Waals surface area contributed by atoms with Crippen LogP contribution < -0.4 is 5.32 Å². The lowest BCUT2D eigenvalue weighted by atomic mass is 9.98. The minimum atomic E-state index is -0.875. The number of aromatic hydroxyl groups is 1. The lowest BCUT2D eigenvalue weighted by Gasteiger charge is -2.19. The molecule has 2 N–H and O–H groups in total. The van der Waals surface area contributed by atoms with Crippen LogP contribution in [0.15, 0.2) is 35.9 Å². The summed E-state index contributed by atoms with van der Waals surface area (Å²) in [5.74, 6) is -0.422. The Morgan fingerprint density at radius 2 is 2.10 bits per heavy atom. The number of esters is 1. The molecule has 1 aromatic carbocycles. The summed E-state index contributed by atoms with van der Waals surface area (Å²) in [6, 6.07) is 5.50. The summed E-state index contributed by atoms with van der Waals surface area (Å²) in [4.78, 5) is 24.2. The third kappa shape index (κ3) is 3.84. The van der Waals surface area contributed by atoms with Crippen LogP contribution in [0.4, 0.5) is 0 Å². The Hall–Kier alpha value is -2.30. The van der Waals surface area contributed by atoms with Gasteiger partial charge in [0.2, 0.25) is 5.91 Å². The summed E-state index contributed by atoms with van der Waals surface area (Å²) >= 11 is 0. The van der Waals surface area contributed by atoms with E-state index in [4.69, 9.17) is 6.17 Å². The van der Waals surface area contributed by atoms with Crippen LogP contribution in [-0.4, -0.2) is 25.5 Å². The molecule has 0 radical (unpaired) electrons. The van der Waals surface area contributed by atoms with Crippen LogP contribution in [0.1, 0.15) is 37.3 Å². The first kappa shape index (κ1) is 13.7. The molecule has 0 saturated carbocycles. The molecule has 0 spiro atoms. The molecule has 1 aliphatic carbocycles. The standard InChI is InChI=1S/C16H19NO4/c1-21-16(20)14(11-7-9-13(18)10-8-11)17-15(19)12-5-3-2-4-6-12/h5,7-10,14,18H,2-4,6H2,1H3,(H,17,19)/i/hD. The average Bonchev–Trinajstić information content (AvgIpc) is 2.59. The Balaban J connectivity index is 2.16. The second-order valence-corrected chi connectivity index (χ2v) is 4.97. The molecule has 0 bridgehead atoms. The Labute approximate surface area is 125 Å². The number of allylic oxidation sites excluding steroid dienone is 1. The Morgan fingerprint density at radius 3 is 2.67 bits per heavy atom. The topological polar surface area (TPSA) is 75.6 Å². The van der Waals surface area contributed by atoms with Gasteiger partial charge in [0.15, 0.2) is 6.04 Å². The third-order valence-electron chi connectivity index (χ3n) is 3.51. The van der Waals surface area contributed by atoms with Crippen molar-refractivity contribution in [1.82, 2.24) is 5.32 Å². The van der Waals surface area contributed by atoms with Crippen LogP contribution in [0.3, 0.4) is 0 Å². The van der Waals surface area contributed by atoms with Crippen molar-refractivity contribution in [3.63, 3.8) is 0 Å². The number of carbonyl (C=O) groups excluding carboxylic acids is 2. The molecule has 0 saturated heterocycles. The van der Waals surface area contributed by atoms with Gasteiger partial charge in [0.25, 0.3) is 1.43 Å². The van der Waals surface area contributed by atoms with E-state index in [1.807, 2.05) is 6.08 Å². The molecule has 0 heterocycles. The van der Waals surface area contributed by atoms with Crippen molar-refractivity contribution < 1.29 is 19.4 Å². The molecule has 1 aliphatic rings. The summed E-state index contributed by atoms with van der Waals surface area (Å²) < 4.78 is 11.6. The number of benzene rings is 1. The summed E-state index contributed by atoms with van der Waals surface area (Å²) in [5, 5.41) is 7.07. The van der Waals surface area contributed by atoms with E-state index in [0.29, 0.717) is 16.9 Å². The summed E-state index contributed by atoms with van der Waals surface area (Å²) in [5.41, 5.74) is 1.30. The minimum absolute atomic E-state index is 0.240. The largest absolute Gasteiger partial charge is 0.508 e. The van der Waals surface area contributed by atoms with Gasteiger partial charge >= 0.3 is 5.97 Å². The lowest BCUT2D eigenvalue weighted by molar-refractivity contribution is -0.144. The third-order valence-corrected chi connectivity index (χ3v) is 3.51. The molecule has 112 valence electrons. The van der Waals surface area contributed by atoms with Crippen LogP contribution in [-0.2, 0) is 14.3 Å². The van der Waals surface area contributed by atoms with Gasteiger partial charge in [0.05, 0.1) is 7.11 Å². The van der Waals surface area contributed by atoms with Crippen molar-refractivity contribution >= 4 is 11.9 Å². The summed E-state index contributed by atoms with van der Waals surface area (Å²) in [6.45, 7) is 0. The van der Waals surface area contributed by atoms with E-state index in [-0.39, 0.29) is 5.91 Å². The lowest BCUT2D eigenvalue weighted by Crippen LogP contribution is -2.35. The van der Waals surface area contributed by atoms with Crippen molar-refractivity contribution in [2.45, 2.75) is 31.7 Å². The van der Waals surface area contributed by atoms with Crippen LogP contribution in [0.2, 0.25) is 0 Å². The van der Waals surface area contributed by atoms with Gasteiger partial charge in [-0.1, -0.05) is 18.2 Å². The molecule has 1 unspecified atom stereocenters. The number of phenolic OH excluding ortho intramolecular Hbond substituents is 1. The van der Waals surface area contributed by atoms with Gasteiger partial charge in [-0.05, 0) is 43.4 Å². The Kier molecular flexibility index (Phi) is 4.51. The maximum atomic E-state index is 12.3. The first-order chi connectivity index (χ1) is 10.7. The molecule has 5 nitrogen and oxygen atoms in total. The van der Waals surface area contributed by atoms with Crippen LogP contribution in [0, 0.1) is 0 Å². The molecule has 1 amide bonds. The first-order valence-electron chi connectivity index (χ1n) is 7.37. The van der Waals surface area contributed by atoms with Gasteiger partial charge in [-0.25, -0.2) is 4.79 Å². The van der Waals surface area contributed by atoms with Crippen molar-refractivity contribution in [2.24, 2.45) is 0 Å². The number of nitrogens with one attached hydrogen (secondary N) is 1. The predicted octanol–water partition coefficient (Wildman–Crippen LogP) is 2.22. The molecule has 0 aliphatic heterocycles. The zero-order valence-corrected chi connectivity index (χ0v) is 11.9. The van der Waals surface area contributed by atoms with Gasteiger partial charge in [0.1, 0.15) is 5.75 Å². The number of carbonyl (C=O) groups is 2. The highest BCUT2D eigenvalue weighted by Gasteiger charge is 2.25. The molecule has 21 heavy (non-hydrogen) atoms. The fourth-order valence-electron chi connectivity index (χ4n) is 2.32. The van der Waals surface area contributed by atoms with E-state index in [2.05, 4.69) is 10.4 Å². The molecule has 5 heteroatoms. The number of hydrogen-bond acceptors (Lipinski definition) is 4. The molecule has 1 aromatic rings. The van der Waals surface area contributed by atoms with Gasteiger partial charge in [-0.2, -0.15) is 0 Å². The second kappa shape index (κ2) is 6.92. The molecule has 0 aromatic heterocycles. The second-order valence-electron chi connectivity index (χ2n) is 4.97. The monoisotopic (exact) mass is 290 g/mol. The van der Waals surface area contributed by atoms with Crippen molar-refractivity contribution in [2.75, 3.05) is 7.11 Å². The van der Waals surface area contributed by atoms with E-state index in [1.54, 1.807) is 24.3 Å². The van der Waals surface area contributed by atoms with E-state index < -0.39 is 12.0 Å². The van der Waals surface area contributed by atoms with E-state index in [9.17, 15) is 9.59 Å². The number of phenols is 1. The number of methoxy groups -OCH3 is 1. The van der Waals surface area contributed by atoms with Crippen LogP contribution >= 0.6 is 0 Å². The first-order valence-corrected chi connectivity index (χ1v) is 6.96. The van der Waals surface area contributed by atoms with E-state index in [1.165, 1.54) is 7.11 Å². The highest BCUT2D eigenvalue weighted by atomic mass is 16.5. The number of hydrogen-bond donors (Lipinski definition) is 2. The van der Waals surface area contributed by atoms with Gasteiger partial charge in [0, 0.05) is 5.57 Å². The quantitative estimate of drug-likeness (QED) is 0.815. The normalized spacial score (nSPS) is 16.2. The van der Waals surface area contributed by atoms with Crippen molar-refractivity contribution in [1.29, 1.82) is 1.43 Å². The van der Waals surface area contributed by atoms with E-state index >= 15 is 0 Å². The molecule has 2 rings (SSSR count). The molecule has 0 fully saturated rings. The zero-order chi connectivity index (χ0) is 15.9. The molecular weight excluding hydrogens is 270 g/mol. The van der Waals surface area contributed by atoms with Gasteiger partial charge < -0.3 is 15.2 Å².